The molecule has 0 aliphatic carbocycles. The van der Waals surface area contributed by atoms with E-state index in [2.05, 4.69) is 10.1 Å². The number of nitrogens with two attached hydrogens (primary N) is 1. The van der Waals surface area contributed by atoms with E-state index in [0.29, 0.717) is 5.56 Å². The van der Waals surface area contributed by atoms with E-state index in [0.717, 1.165) is 0 Å². The molecule has 6 nitrogen and oxygen atoms in total. The third kappa shape index (κ3) is 3.27. The van der Waals surface area contributed by atoms with Gasteiger partial charge in [-0.15, -0.1) is 5.10 Å². The summed E-state index contributed by atoms with van der Waals surface area (Å²) in [5.74, 6) is -0.700. The van der Waals surface area contributed by atoms with Gasteiger partial charge in [-0.2, -0.15) is 0 Å². The Morgan fingerprint density at radius 1 is 1.39 bits per heavy atom. The minimum atomic E-state index is -0.468. The summed E-state index contributed by atoms with van der Waals surface area (Å²) in [6, 6.07) is 5.72. The van der Waals surface area contributed by atoms with Gasteiger partial charge in [0.15, 0.2) is 0 Å². The number of halogens is 1. The molecule has 2 rings (SSSR count). The molecule has 0 atom stereocenters. The largest absolute Gasteiger partial charge is 0.459 e. The number of esters is 1. The number of carbonyl (C=O) groups is 1. The minimum absolute atomic E-state index is 0.0641. The number of hydrogen-bond acceptors (Lipinski definition) is 5. The van der Waals surface area contributed by atoms with Gasteiger partial charge in [0.05, 0.1) is 0 Å². The highest BCUT2D eigenvalue weighted by atomic mass is 19.1. The van der Waals surface area contributed by atoms with Crippen LogP contribution < -0.4 is 5.73 Å². The molecule has 0 bridgehead atoms. The van der Waals surface area contributed by atoms with Crippen LogP contribution in [0.1, 0.15) is 5.56 Å². The van der Waals surface area contributed by atoms with Crippen molar-refractivity contribution >= 4 is 11.9 Å². The second kappa shape index (κ2) is 5.26. The molecule has 0 saturated heterocycles. The molecule has 2 N–H and O–H groups in total. The number of nitrogen functional groups attached to an aromatic ring is 1. The average molecular weight is 250 g/mol. The van der Waals surface area contributed by atoms with Gasteiger partial charge in [0.1, 0.15) is 25.3 Å². The number of nitrogens with zero attached hydrogens (tertiary/aromatic N) is 3. The van der Waals surface area contributed by atoms with Crippen molar-refractivity contribution < 1.29 is 13.9 Å². The molecule has 0 amide bonds. The van der Waals surface area contributed by atoms with Crippen LogP contribution in [0.4, 0.5) is 10.3 Å². The lowest BCUT2D eigenvalue weighted by Crippen LogP contribution is -2.14. The van der Waals surface area contributed by atoms with Crippen molar-refractivity contribution in [2.75, 3.05) is 5.73 Å². The molecule has 94 valence electrons. The van der Waals surface area contributed by atoms with Gasteiger partial charge in [0.25, 0.3) is 0 Å². The van der Waals surface area contributed by atoms with E-state index in [1.54, 1.807) is 12.1 Å². The molecule has 1 aromatic heterocycles. The van der Waals surface area contributed by atoms with Crippen molar-refractivity contribution in [2.24, 2.45) is 0 Å². The standard InChI is InChI=1S/C11H11FN4O2/c12-9-3-1-8(2-4-9)6-18-10(17)5-16-7-14-11(13)15-16/h1-4,7H,5-6H2,(H2,13,15). The number of carbonyl (C=O) groups excluding carboxylic acids is 1. The Morgan fingerprint density at radius 2 is 2.11 bits per heavy atom. The van der Waals surface area contributed by atoms with Gasteiger partial charge in [-0.1, -0.05) is 12.1 Å². The number of ether oxygens (including phenoxy) is 1. The van der Waals surface area contributed by atoms with E-state index in [4.69, 9.17) is 10.5 Å². The Hall–Kier alpha value is -2.44. The van der Waals surface area contributed by atoms with Gasteiger partial charge >= 0.3 is 5.97 Å². The number of aromatic nitrogens is 3. The van der Waals surface area contributed by atoms with Gasteiger partial charge in [-0.25, -0.2) is 14.1 Å². The molecular formula is C11H11FN4O2. The number of hydrogen-bond donors (Lipinski definition) is 1. The summed E-state index contributed by atoms with van der Waals surface area (Å²) in [5.41, 5.74) is 6.01. The lowest BCUT2D eigenvalue weighted by atomic mass is 10.2. The molecule has 0 aliphatic rings. The first kappa shape index (κ1) is 12.0. The van der Waals surface area contributed by atoms with Crippen LogP contribution >= 0.6 is 0 Å². The van der Waals surface area contributed by atoms with Crippen LogP contribution in [0.25, 0.3) is 0 Å². The first-order chi connectivity index (χ1) is 8.63. The topological polar surface area (TPSA) is 83.0 Å². The highest BCUT2D eigenvalue weighted by molar-refractivity contribution is 5.69. The summed E-state index contributed by atoms with van der Waals surface area (Å²) in [4.78, 5) is 15.1. The predicted molar refractivity (Wildman–Crippen MR) is 60.6 cm³/mol. The van der Waals surface area contributed by atoms with Crippen molar-refractivity contribution in [3.05, 3.63) is 42.0 Å². The summed E-state index contributed by atoms with van der Waals surface area (Å²) in [6.07, 6.45) is 1.34. The van der Waals surface area contributed by atoms with Crippen LogP contribution in [0.2, 0.25) is 0 Å². The Kier molecular flexibility index (Phi) is 3.52. The van der Waals surface area contributed by atoms with Crippen LogP contribution in [0, 0.1) is 5.82 Å². The summed E-state index contributed by atoms with van der Waals surface area (Å²) in [5, 5.41) is 3.75. The molecule has 0 aliphatic heterocycles. The molecule has 0 saturated carbocycles. The van der Waals surface area contributed by atoms with E-state index in [1.165, 1.54) is 23.1 Å². The Labute approximate surface area is 102 Å². The smallest absolute Gasteiger partial charge is 0.328 e. The number of anilines is 1. The van der Waals surface area contributed by atoms with Crippen LogP contribution in [-0.2, 0) is 22.7 Å². The van der Waals surface area contributed by atoms with E-state index >= 15 is 0 Å². The zero-order valence-corrected chi connectivity index (χ0v) is 9.41. The monoisotopic (exact) mass is 250 g/mol. The summed E-state index contributed by atoms with van der Waals surface area (Å²) in [6.45, 7) is 0.0225. The van der Waals surface area contributed by atoms with Gasteiger partial charge in [-0.05, 0) is 17.7 Å². The maximum absolute atomic E-state index is 12.6. The quantitative estimate of drug-likeness (QED) is 0.809. The van der Waals surface area contributed by atoms with Crippen LogP contribution in [0.15, 0.2) is 30.6 Å². The third-order valence-corrected chi connectivity index (χ3v) is 2.16. The number of rotatable bonds is 4. The highest BCUT2D eigenvalue weighted by Crippen LogP contribution is 2.04. The van der Waals surface area contributed by atoms with Crippen LogP contribution in [0.5, 0.6) is 0 Å². The van der Waals surface area contributed by atoms with E-state index in [9.17, 15) is 9.18 Å². The van der Waals surface area contributed by atoms with Crippen molar-refractivity contribution in [3.63, 3.8) is 0 Å². The lowest BCUT2D eigenvalue weighted by Gasteiger charge is -2.04. The summed E-state index contributed by atoms with van der Waals surface area (Å²) in [7, 11) is 0. The molecule has 1 heterocycles. The molecule has 18 heavy (non-hydrogen) atoms. The van der Waals surface area contributed by atoms with E-state index in [-0.39, 0.29) is 24.9 Å². The molecule has 0 unspecified atom stereocenters. The van der Waals surface area contributed by atoms with Gasteiger partial charge < -0.3 is 10.5 Å². The lowest BCUT2D eigenvalue weighted by molar-refractivity contribution is -0.145. The Morgan fingerprint density at radius 3 is 2.72 bits per heavy atom. The molecule has 0 spiro atoms. The fraction of sp³-hybridized carbons (Fsp3) is 0.182. The first-order valence-corrected chi connectivity index (χ1v) is 5.18. The molecule has 2 aromatic rings. The van der Waals surface area contributed by atoms with Crippen molar-refractivity contribution in [1.29, 1.82) is 0 Å². The van der Waals surface area contributed by atoms with Crippen LogP contribution in [-0.4, -0.2) is 20.7 Å². The third-order valence-electron chi connectivity index (χ3n) is 2.16. The summed E-state index contributed by atoms with van der Waals surface area (Å²) < 4.78 is 18.9. The normalized spacial score (nSPS) is 10.3. The van der Waals surface area contributed by atoms with Gasteiger partial charge in [0.2, 0.25) is 5.95 Å². The average Bonchev–Trinajstić information content (AvgIpc) is 2.74. The fourth-order valence-corrected chi connectivity index (χ4v) is 1.31. The fourth-order valence-electron chi connectivity index (χ4n) is 1.31. The first-order valence-electron chi connectivity index (χ1n) is 5.18. The highest BCUT2D eigenvalue weighted by Gasteiger charge is 2.06. The van der Waals surface area contributed by atoms with Crippen LogP contribution in [0.3, 0.4) is 0 Å². The van der Waals surface area contributed by atoms with Gasteiger partial charge in [-0.3, -0.25) is 4.79 Å². The van der Waals surface area contributed by atoms with Crippen molar-refractivity contribution in [1.82, 2.24) is 14.8 Å². The molecule has 0 radical (unpaired) electrons. The maximum atomic E-state index is 12.6. The Balaban J connectivity index is 1.83. The second-order valence-electron chi connectivity index (χ2n) is 3.59. The number of benzene rings is 1. The van der Waals surface area contributed by atoms with Crippen molar-refractivity contribution in [3.8, 4) is 0 Å². The zero-order valence-electron chi connectivity index (χ0n) is 9.41. The second-order valence-corrected chi connectivity index (χ2v) is 3.59. The minimum Gasteiger partial charge on any atom is -0.459 e. The molecular weight excluding hydrogens is 239 g/mol. The van der Waals surface area contributed by atoms with Crippen molar-refractivity contribution in [2.45, 2.75) is 13.2 Å². The molecule has 0 fully saturated rings. The molecule has 7 heteroatoms. The van der Waals surface area contributed by atoms with Gasteiger partial charge in [0, 0.05) is 0 Å². The zero-order chi connectivity index (χ0) is 13.0. The van der Waals surface area contributed by atoms with E-state index < -0.39 is 5.97 Å². The Bertz CT molecular complexity index is 538. The molecule has 1 aromatic carbocycles. The predicted octanol–water partition coefficient (Wildman–Crippen LogP) is 0.743. The SMILES string of the molecule is Nc1ncn(CC(=O)OCc2ccc(F)cc2)n1. The maximum Gasteiger partial charge on any atom is 0.328 e. The summed E-state index contributed by atoms with van der Waals surface area (Å²) >= 11 is 0. The van der Waals surface area contributed by atoms with E-state index in [1.807, 2.05) is 0 Å².